The molecule has 2 N–H and O–H groups in total. The number of aliphatic imine (C=N–C) groups is 1. The number of rotatable bonds is 5. The number of fused-ring (bicyclic) bond motifs is 3. The van der Waals surface area contributed by atoms with Crippen molar-refractivity contribution in [3.05, 3.63) is 81.7 Å². The topological polar surface area (TPSA) is 108 Å². The molecule has 4 aromatic rings. The van der Waals surface area contributed by atoms with Gasteiger partial charge in [0.15, 0.2) is 5.13 Å². The van der Waals surface area contributed by atoms with Crippen molar-refractivity contribution < 1.29 is 18.0 Å². The van der Waals surface area contributed by atoms with Gasteiger partial charge in [0, 0.05) is 41.1 Å². The van der Waals surface area contributed by atoms with Gasteiger partial charge in [-0.05, 0) is 55.3 Å². The van der Waals surface area contributed by atoms with Crippen LogP contribution >= 0.6 is 11.3 Å². The van der Waals surface area contributed by atoms with E-state index >= 15 is 0 Å². The molecule has 5 heterocycles. The SMILES string of the molecule is Cc1csc(Nc2ncc3c(n2)N2CCN=C2C(c2cc(NC(=O)c4cc(C(F)(F)F)ccn4)ccc2C)=C3)n1. The van der Waals surface area contributed by atoms with Crippen LogP contribution in [-0.4, -0.2) is 44.8 Å². The van der Waals surface area contributed by atoms with Gasteiger partial charge in [-0.25, -0.2) is 9.97 Å². The van der Waals surface area contributed by atoms with Crippen molar-refractivity contribution in [2.24, 2.45) is 4.99 Å². The van der Waals surface area contributed by atoms with Crippen LogP contribution in [0.3, 0.4) is 0 Å². The van der Waals surface area contributed by atoms with Gasteiger partial charge in [-0.3, -0.25) is 20.1 Å². The molecule has 3 aromatic heterocycles. The zero-order valence-corrected chi connectivity index (χ0v) is 22.1. The number of amides is 1. The number of halogens is 3. The fraction of sp³-hybridized carbons (Fsp3) is 0.185. The minimum atomic E-state index is -4.58. The van der Waals surface area contributed by atoms with Crippen LogP contribution in [0.1, 0.15) is 38.4 Å². The second-order valence-electron chi connectivity index (χ2n) is 9.22. The molecule has 1 amide bonds. The van der Waals surface area contributed by atoms with E-state index in [-0.39, 0.29) is 5.69 Å². The average Bonchev–Trinajstić information content (AvgIpc) is 3.58. The van der Waals surface area contributed by atoms with Crippen molar-refractivity contribution in [3.63, 3.8) is 0 Å². The van der Waals surface area contributed by atoms with E-state index < -0.39 is 17.6 Å². The molecule has 13 heteroatoms. The molecule has 0 saturated heterocycles. The van der Waals surface area contributed by atoms with E-state index in [0.29, 0.717) is 29.9 Å². The number of nitrogens with one attached hydrogen (secondary N) is 2. The Morgan fingerprint density at radius 2 is 1.95 bits per heavy atom. The number of hydrogen-bond donors (Lipinski definition) is 2. The Bertz CT molecular complexity index is 1710. The molecule has 0 radical (unpaired) electrons. The normalized spacial score (nSPS) is 14.3. The van der Waals surface area contributed by atoms with Crippen molar-refractivity contribution in [3.8, 4) is 0 Å². The molecule has 0 atom stereocenters. The molecule has 0 saturated carbocycles. The third kappa shape index (κ3) is 4.91. The summed E-state index contributed by atoms with van der Waals surface area (Å²) < 4.78 is 39.3. The summed E-state index contributed by atoms with van der Waals surface area (Å²) in [5, 5.41) is 8.46. The van der Waals surface area contributed by atoms with E-state index in [0.717, 1.165) is 57.9 Å². The Hall–Kier alpha value is -4.65. The van der Waals surface area contributed by atoms with Crippen LogP contribution in [0, 0.1) is 13.8 Å². The van der Waals surface area contributed by atoms with Gasteiger partial charge in [0.05, 0.1) is 17.8 Å². The number of alkyl halides is 3. The third-order valence-corrected chi connectivity index (χ3v) is 7.25. The van der Waals surface area contributed by atoms with Crippen LogP contribution in [-0.2, 0) is 6.18 Å². The Labute approximate surface area is 230 Å². The molecule has 0 spiro atoms. The number of hydrogen-bond acceptors (Lipinski definition) is 9. The number of benzene rings is 1. The second-order valence-corrected chi connectivity index (χ2v) is 10.1. The van der Waals surface area contributed by atoms with E-state index in [1.165, 1.54) is 11.3 Å². The van der Waals surface area contributed by atoms with Crippen molar-refractivity contribution in [1.82, 2.24) is 19.9 Å². The minimum absolute atomic E-state index is 0.330. The number of anilines is 4. The minimum Gasteiger partial charge on any atom is -0.321 e. The Morgan fingerprint density at radius 1 is 1.10 bits per heavy atom. The quantitative estimate of drug-likeness (QED) is 0.320. The summed E-state index contributed by atoms with van der Waals surface area (Å²) in [5.41, 5.74) is 3.43. The van der Waals surface area contributed by atoms with Crippen LogP contribution in [0.4, 0.5) is 35.8 Å². The van der Waals surface area contributed by atoms with Gasteiger partial charge in [0.1, 0.15) is 17.3 Å². The van der Waals surface area contributed by atoms with E-state index in [1.54, 1.807) is 18.3 Å². The Balaban J connectivity index is 1.31. The lowest BCUT2D eigenvalue weighted by Crippen LogP contribution is -2.32. The maximum absolute atomic E-state index is 13.1. The van der Waals surface area contributed by atoms with Crippen LogP contribution in [0.25, 0.3) is 11.6 Å². The number of amidine groups is 1. The number of aryl methyl sites for hydroxylation is 2. The molecular weight excluding hydrogens is 541 g/mol. The number of carbonyl (C=O) groups excluding carboxylic acids is 1. The van der Waals surface area contributed by atoms with Gasteiger partial charge >= 0.3 is 6.18 Å². The molecule has 40 heavy (non-hydrogen) atoms. The maximum atomic E-state index is 13.1. The van der Waals surface area contributed by atoms with Gasteiger partial charge in [-0.15, -0.1) is 11.3 Å². The van der Waals surface area contributed by atoms with E-state index in [2.05, 4.69) is 25.6 Å². The molecule has 202 valence electrons. The highest BCUT2D eigenvalue weighted by Gasteiger charge is 2.32. The standard InChI is InChI=1S/C27H21F3N8OS/c1-14-3-4-18(35-24(39)21-10-17(5-6-31-21)27(28,29)30)11-19(14)20-9-16-12-33-25(37-26-34-15(2)13-40-26)36-22(16)38-8-7-32-23(20)38/h3-6,9-13H,7-8H2,1-2H3,(H,35,39)(H,33,34,36,37). The first kappa shape index (κ1) is 25.6. The zero-order valence-electron chi connectivity index (χ0n) is 21.2. The third-order valence-electron chi connectivity index (χ3n) is 6.38. The molecule has 0 bridgehead atoms. The lowest BCUT2D eigenvalue weighted by Gasteiger charge is -2.28. The molecule has 0 unspecified atom stereocenters. The predicted octanol–water partition coefficient (Wildman–Crippen LogP) is 5.73. The van der Waals surface area contributed by atoms with E-state index in [4.69, 9.17) is 9.98 Å². The highest BCUT2D eigenvalue weighted by molar-refractivity contribution is 7.13. The van der Waals surface area contributed by atoms with Gasteiger partial charge in [-0.2, -0.15) is 18.2 Å². The predicted molar refractivity (Wildman–Crippen MR) is 148 cm³/mol. The molecule has 2 aliphatic heterocycles. The first-order valence-electron chi connectivity index (χ1n) is 12.2. The summed E-state index contributed by atoms with van der Waals surface area (Å²) in [6.07, 6.45) is 0.0829. The van der Waals surface area contributed by atoms with Crippen molar-refractivity contribution >= 4 is 57.3 Å². The van der Waals surface area contributed by atoms with Crippen LogP contribution in [0.5, 0.6) is 0 Å². The van der Waals surface area contributed by atoms with Gasteiger partial charge in [0.25, 0.3) is 5.91 Å². The monoisotopic (exact) mass is 562 g/mol. The summed E-state index contributed by atoms with van der Waals surface area (Å²) in [5.74, 6) is 1.16. The highest BCUT2D eigenvalue weighted by atomic mass is 32.1. The number of aromatic nitrogens is 4. The van der Waals surface area contributed by atoms with Gasteiger partial charge in [0.2, 0.25) is 5.95 Å². The fourth-order valence-electron chi connectivity index (χ4n) is 4.49. The van der Waals surface area contributed by atoms with Gasteiger partial charge < -0.3 is 10.2 Å². The first-order valence-corrected chi connectivity index (χ1v) is 13.1. The molecule has 1 aromatic carbocycles. The Kier molecular flexibility index (Phi) is 6.29. The number of carbonyl (C=O) groups is 1. The molecule has 9 nitrogen and oxygen atoms in total. The second kappa shape index (κ2) is 9.83. The number of nitrogens with zero attached hydrogens (tertiary/aromatic N) is 6. The summed E-state index contributed by atoms with van der Waals surface area (Å²) in [7, 11) is 0. The van der Waals surface area contributed by atoms with Crippen molar-refractivity contribution in [1.29, 1.82) is 0 Å². The van der Waals surface area contributed by atoms with Crippen molar-refractivity contribution in [2.45, 2.75) is 20.0 Å². The zero-order chi connectivity index (χ0) is 28.0. The first-order chi connectivity index (χ1) is 19.2. The largest absolute Gasteiger partial charge is 0.416 e. The van der Waals surface area contributed by atoms with Crippen LogP contribution < -0.4 is 15.5 Å². The van der Waals surface area contributed by atoms with E-state index in [9.17, 15) is 18.0 Å². The molecule has 6 rings (SSSR count). The summed E-state index contributed by atoms with van der Waals surface area (Å²) >= 11 is 1.47. The van der Waals surface area contributed by atoms with Crippen LogP contribution in [0.15, 0.2) is 53.1 Å². The summed E-state index contributed by atoms with van der Waals surface area (Å²) in [6.45, 7) is 5.08. The molecule has 0 aliphatic carbocycles. The average molecular weight is 563 g/mol. The molecule has 0 fully saturated rings. The number of pyridine rings is 1. The number of thiazole rings is 1. The van der Waals surface area contributed by atoms with E-state index in [1.807, 2.05) is 36.3 Å². The lowest BCUT2D eigenvalue weighted by atomic mass is 9.94. The van der Waals surface area contributed by atoms with Gasteiger partial charge in [-0.1, -0.05) is 6.07 Å². The molecular formula is C27H21F3N8OS. The van der Waals surface area contributed by atoms with Crippen LogP contribution in [0.2, 0.25) is 0 Å². The lowest BCUT2D eigenvalue weighted by molar-refractivity contribution is -0.137. The fourth-order valence-corrected chi connectivity index (χ4v) is 5.17. The summed E-state index contributed by atoms with van der Waals surface area (Å²) in [6, 6.07) is 6.86. The summed E-state index contributed by atoms with van der Waals surface area (Å²) in [4.78, 5) is 36.9. The maximum Gasteiger partial charge on any atom is 0.416 e. The van der Waals surface area contributed by atoms with Crippen molar-refractivity contribution in [2.75, 3.05) is 28.6 Å². The Morgan fingerprint density at radius 3 is 2.73 bits per heavy atom. The smallest absolute Gasteiger partial charge is 0.321 e. The molecule has 2 aliphatic rings. The highest BCUT2D eigenvalue weighted by Crippen LogP contribution is 2.37.